The lowest BCUT2D eigenvalue weighted by Crippen LogP contribution is -2.29. The summed E-state index contributed by atoms with van der Waals surface area (Å²) in [5, 5.41) is 8.30. The zero-order valence-electron chi connectivity index (χ0n) is 11.2. The van der Waals surface area contributed by atoms with Gasteiger partial charge < -0.3 is 21.7 Å². The molecule has 0 heterocycles. The molecule has 19 heavy (non-hydrogen) atoms. The van der Waals surface area contributed by atoms with E-state index in [0.717, 1.165) is 0 Å². The van der Waals surface area contributed by atoms with E-state index >= 15 is 0 Å². The van der Waals surface area contributed by atoms with Crippen LogP contribution >= 0.6 is 0 Å². The van der Waals surface area contributed by atoms with E-state index < -0.39 is 0 Å². The molecular weight excluding hydrogens is 244 g/mol. The zero-order chi connectivity index (χ0) is 14.3. The van der Waals surface area contributed by atoms with Gasteiger partial charge in [0.25, 0.3) is 5.91 Å². The van der Waals surface area contributed by atoms with Gasteiger partial charge in [0, 0.05) is 18.7 Å². The summed E-state index contributed by atoms with van der Waals surface area (Å²) in [5.74, 6) is -0.283. The Balaban J connectivity index is 2.74. The third-order valence-electron chi connectivity index (χ3n) is 2.47. The zero-order valence-corrected chi connectivity index (χ0v) is 11.2. The minimum absolute atomic E-state index is 0.120. The van der Waals surface area contributed by atoms with Crippen LogP contribution in [0.2, 0.25) is 0 Å². The Bertz CT molecular complexity index is 460. The fourth-order valence-electron chi connectivity index (χ4n) is 1.55. The Kier molecular flexibility index (Phi) is 5.66. The molecule has 0 saturated carbocycles. The number of benzene rings is 1. The Hall–Kier alpha value is -2.24. The van der Waals surface area contributed by atoms with E-state index in [1.807, 2.05) is 13.8 Å². The molecule has 0 radical (unpaired) electrons. The normalized spacial score (nSPS) is 9.79. The average Bonchev–Trinajstić information content (AvgIpc) is 2.38. The van der Waals surface area contributed by atoms with Crippen LogP contribution < -0.4 is 21.7 Å². The summed E-state index contributed by atoms with van der Waals surface area (Å²) >= 11 is 0. The Morgan fingerprint density at radius 1 is 1.16 bits per heavy atom. The second kappa shape index (κ2) is 7.25. The molecule has 0 atom stereocenters. The van der Waals surface area contributed by atoms with Crippen LogP contribution in [0.5, 0.6) is 0 Å². The molecule has 104 valence electrons. The van der Waals surface area contributed by atoms with Crippen molar-refractivity contribution in [2.45, 2.75) is 13.8 Å². The topological polar surface area (TPSA) is 96.2 Å². The number of nitrogen functional groups attached to an aromatic ring is 1. The van der Waals surface area contributed by atoms with Crippen molar-refractivity contribution in [2.24, 2.45) is 0 Å². The molecule has 6 nitrogen and oxygen atoms in total. The largest absolute Gasteiger partial charge is 0.397 e. The van der Waals surface area contributed by atoms with Gasteiger partial charge in [-0.2, -0.15) is 0 Å². The molecule has 0 bridgehead atoms. The fraction of sp³-hybridized carbons (Fsp3) is 0.385. The molecule has 0 fully saturated rings. The van der Waals surface area contributed by atoms with Crippen LogP contribution in [0.4, 0.5) is 11.4 Å². The fourth-order valence-corrected chi connectivity index (χ4v) is 1.55. The second-order valence-corrected chi connectivity index (χ2v) is 3.97. The number of amides is 2. The predicted octanol–water partition coefficient (Wildman–Crippen LogP) is 0.566. The number of nitrogens with one attached hydrogen (secondary N) is 3. The van der Waals surface area contributed by atoms with Gasteiger partial charge in [0.05, 0.1) is 17.9 Å². The van der Waals surface area contributed by atoms with Crippen LogP contribution in [-0.2, 0) is 4.79 Å². The summed E-state index contributed by atoms with van der Waals surface area (Å²) in [6.45, 7) is 4.96. The molecule has 0 aliphatic rings. The number of nitrogens with two attached hydrogens (primary N) is 1. The predicted molar refractivity (Wildman–Crippen MR) is 76.0 cm³/mol. The first-order valence-electron chi connectivity index (χ1n) is 6.26. The first-order valence-corrected chi connectivity index (χ1v) is 6.26. The minimum atomic E-state index is -0.163. The third-order valence-corrected chi connectivity index (χ3v) is 2.47. The van der Waals surface area contributed by atoms with Crippen molar-refractivity contribution in [1.29, 1.82) is 0 Å². The van der Waals surface area contributed by atoms with E-state index in [4.69, 9.17) is 5.73 Å². The number of rotatable bonds is 6. The first kappa shape index (κ1) is 14.8. The van der Waals surface area contributed by atoms with Gasteiger partial charge in [-0.05, 0) is 32.0 Å². The van der Waals surface area contributed by atoms with Crippen molar-refractivity contribution in [2.75, 3.05) is 30.7 Å². The molecule has 0 aliphatic heterocycles. The van der Waals surface area contributed by atoms with Gasteiger partial charge in [-0.3, -0.25) is 9.59 Å². The van der Waals surface area contributed by atoms with E-state index in [0.29, 0.717) is 30.0 Å². The standard InChI is InChI=1S/C13H20N4O2/c1-3-15-12(18)8-17-11-7-9(5-6-10(11)14)13(19)16-4-2/h5-7,17H,3-4,8,14H2,1-2H3,(H,15,18)(H,16,19). The highest BCUT2D eigenvalue weighted by molar-refractivity contribution is 5.96. The van der Waals surface area contributed by atoms with Crippen molar-refractivity contribution in [3.8, 4) is 0 Å². The van der Waals surface area contributed by atoms with Crippen LogP contribution in [-0.4, -0.2) is 31.4 Å². The number of hydrogen-bond donors (Lipinski definition) is 4. The highest BCUT2D eigenvalue weighted by atomic mass is 16.2. The molecule has 0 aliphatic carbocycles. The van der Waals surface area contributed by atoms with Crippen molar-refractivity contribution in [3.05, 3.63) is 23.8 Å². The smallest absolute Gasteiger partial charge is 0.251 e. The summed E-state index contributed by atoms with van der Waals surface area (Å²) in [6, 6.07) is 4.93. The van der Waals surface area contributed by atoms with Gasteiger partial charge in [0.15, 0.2) is 0 Å². The van der Waals surface area contributed by atoms with E-state index in [1.54, 1.807) is 18.2 Å². The van der Waals surface area contributed by atoms with Gasteiger partial charge >= 0.3 is 0 Å². The highest BCUT2D eigenvalue weighted by Gasteiger charge is 2.08. The molecule has 1 aromatic rings. The summed E-state index contributed by atoms with van der Waals surface area (Å²) < 4.78 is 0. The number of anilines is 2. The van der Waals surface area contributed by atoms with Crippen LogP contribution in [0.3, 0.4) is 0 Å². The minimum Gasteiger partial charge on any atom is -0.397 e. The molecular formula is C13H20N4O2. The summed E-state index contributed by atoms with van der Waals surface area (Å²) in [7, 11) is 0. The van der Waals surface area contributed by atoms with Gasteiger partial charge in [0.1, 0.15) is 0 Å². The van der Waals surface area contributed by atoms with Crippen LogP contribution in [0.25, 0.3) is 0 Å². The summed E-state index contributed by atoms with van der Waals surface area (Å²) in [4.78, 5) is 23.0. The lowest BCUT2D eigenvalue weighted by atomic mass is 10.1. The second-order valence-electron chi connectivity index (χ2n) is 3.97. The summed E-state index contributed by atoms with van der Waals surface area (Å²) in [6.07, 6.45) is 0. The molecule has 0 spiro atoms. The molecule has 2 amide bonds. The molecule has 0 unspecified atom stereocenters. The highest BCUT2D eigenvalue weighted by Crippen LogP contribution is 2.19. The molecule has 1 rings (SSSR count). The van der Waals surface area contributed by atoms with Crippen LogP contribution in [0, 0.1) is 0 Å². The quantitative estimate of drug-likeness (QED) is 0.565. The first-order chi connectivity index (χ1) is 9.08. The van der Waals surface area contributed by atoms with Crippen molar-refractivity contribution in [3.63, 3.8) is 0 Å². The molecule has 0 aromatic heterocycles. The van der Waals surface area contributed by atoms with Gasteiger partial charge in [0.2, 0.25) is 5.91 Å². The number of carbonyl (C=O) groups excluding carboxylic acids is 2. The lowest BCUT2D eigenvalue weighted by Gasteiger charge is -2.11. The SMILES string of the molecule is CCNC(=O)CNc1cc(C(=O)NCC)ccc1N. The number of likely N-dealkylation sites (N-methyl/N-ethyl adjacent to an activating group) is 1. The van der Waals surface area contributed by atoms with Crippen LogP contribution in [0.15, 0.2) is 18.2 Å². The van der Waals surface area contributed by atoms with E-state index in [2.05, 4.69) is 16.0 Å². The Labute approximate surface area is 112 Å². The van der Waals surface area contributed by atoms with Crippen molar-refractivity contribution >= 4 is 23.2 Å². The van der Waals surface area contributed by atoms with Crippen molar-refractivity contribution < 1.29 is 9.59 Å². The number of carbonyl (C=O) groups is 2. The van der Waals surface area contributed by atoms with Gasteiger partial charge in [-0.1, -0.05) is 0 Å². The third kappa shape index (κ3) is 4.50. The maximum absolute atomic E-state index is 11.7. The van der Waals surface area contributed by atoms with Gasteiger partial charge in [-0.25, -0.2) is 0 Å². The van der Waals surface area contributed by atoms with E-state index in [9.17, 15) is 9.59 Å². The summed E-state index contributed by atoms with van der Waals surface area (Å²) in [5.41, 5.74) is 7.38. The van der Waals surface area contributed by atoms with Gasteiger partial charge in [-0.15, -0.1) is 0 Å². The number of hydrogen-bond acceptors (Lipinski definition) is 4. The van der Waals surface area contributed by atoms with Crippen LogP contribution in [0.1, 0.15) is 24.2 Å². The molecule has 6 heteroatoms. The Morgan fingerprint density at radius 2 is 1.84 bits per heavy atom. The van der Waals surface area contributed by atoms with E-state index in [-0.39, 0.29) is 18.4 Å². The molecule has 5 N–H and O–H groups in total. The Morgan fingerprint density at radius 3 is 2.47 bits per heavy atom. The average molecular weight is 264 g/mol. The molecule has 0 saturated heterocycles. The maximum Gasteiger partial charge on any atom is 0.251 e. The monoisotopic (exact) mass is 264 g/mol. The molecule has 1 aromatic carbocycles. The van der Waals surface area contributed by atoms with E-state index in [1.165, 1.54) is 0 Å². The lowest BCUT2D eigenvalue weighted by molar-refractivity contribution is -0.119. The maximum atomic E-state index is 11.7. The van der Waals surface area contributed by atoms with Crippen molar-refractivity contribution in [1.82, 2.24) is 10.6 Å².